The van der Waals surface area contributed by atoms with Crippen molar-refractivity contribution < 1.29 is 14.2 Å². The molecule has 128 valence electrons. The van der Waals surface area contributed by atoms with Gasteiger partial charge in [-0.3, -0.25) is 0 Å². The lowest BCUT2D eigenvalue weighted by atomic mass is 10.2. The molecule has 1 fully saturated rings. The number of ether oxygens (including phenoxy) is 3. The Morgan fingerprint density at radius 2 is 1.62 bits per heavy atom. The van der Waals surface area contributed by atoms with Crippen LogP contribution in [-0.2, 0) is 16.1 Å². The van der Waals surface area contributed by atoms with Gasteiger partial charge in [0.1, 0.15) is 6.61 Å². The minimum Gasteiger partial charge on any atom is -0.461 e. The Morgan fingerprint density at radius 3 is 2.33 bits per heavy atom. The zero-order chi connectivity index (χ0) is 16.8. The molecule has 0 spiro atoms. The lowest BCUT2D eigenvalue weighted by Gasteiger charge is -2.14. The van der Waals surface area contributed by atoms with Gasteiger partial charge in [-0.15, -0.1) is 0 Å². The molecular formula is C16H21N5O3. The van der Waals surface area contributed by atoms with Gasteiger partial charge in [0.25, 0.3) is 0 Å². The van der Waals surface area contributed by atoms with Crippen LogP contribution in [0, 0.1) is 0 Å². The standard InChI is InChI=1S/C16H21N5O3/c17-14-19-15(18)21-16(20-14)23-10-13-7-6-12(24-13)9-22-8-11-4-2-1-3-5-11/h1-5,12-13H,6-10H2,(H4,17,18,19,20,21)/t12-,13+/m0/s1. The second-order valence-electron chi connectivity index (χ2n) is 5.60. The summed E-state index contributed by atoms with van der Waals surface area (Å²) in [5.41, 5.74) is 12.1. The van der Waals surface area contributed by atoms with E-state index >= 15 is 0 Å². The first-order chi connectivity index (χ1) is 11.7. The Kier molecular flexibility index (Phi) is 5.39. The molecule has 0 aliphatic carbocycles. The van der Waals surface area contributed by atoms with Gasteiger partial charge in [-0.05, 0) is 18.4 Å². The van der Waals surface area contributed by atoms with Crippen LogP contribution in [0.3, 0.4) is 0 Å². The molecule has 0 amide bonds. The largest absolute Gasteiger partial charge is 0.461 e. The van der Waals surface area contributed by atoms with Crippen LogP contribution in [-0.4, -0.2) is 40.4 Å². The molecule has 1 aliphatic heterocycles. The Bertz CT molecular complexity index is 635. The van der Waals surface area contributed by atoms with Crippen LogP contribution in [0.15, 0.2) is 30.3 Å². The summed E-state index contributed by atoms with van der Waals surface area (Å²) >= 11 is 0. The smallest absolute Gasteiger partial charge is 0.323 e. The van der Waals surface area contributed by atoms with Crippen LogP contribution < -0.4 is 16.2 Å². The highest BCUT2D eigenvalue weighted by atomic mass is 16.6. The van der Waals surface area contributed by atoms with E-state index in [1.54, 1.807) is 0 Å². The van der Waals surface area contributed by atoms with E-state index in [0.29, 0.717) is 19.8 Å². The lowest BCUT2D eigenvalue weighted by molar-refractivity contribution is -0.0327. The molecule has 1 aliphatic rings. The van der Waals surface area contributed by atoms with Crippen molar-refractivity contribution in [2.24, 2.45) is 0 Å². The molecule has 1 saturated heterocycles. The first-order valence-corrected chi connectivity index (χ1v) is 7.86. The zero-order valence-corrected chi connectivity index (χ0v) is 13.3. The van der Waals surface area contributed by atoms with Crippen molar-refractivity contribution in [1.82, 2.24) is 15.0 Å². The van der Waals surface area contributed by atoms with Crippen molar-refractivity contribution >= 4 is 11.9 Å². The maximum absolute atomic E-state index is 5.90. The number of benzene rings is 1. The number of nitrogen functional groups attached to an aromatic ring is 2. The minimum atomic E-state index is -0.0189. The molecular weight excluding hydrogens is 310 g/mol. The number of anilines is 2. The van der Waals surface area contributed by atoms with Crippen LogP contribution >= 0.6 is 0 Å². The lowest BCUT2D eigenvalue weighted by Crippen LogP contribution is -2.22. The Balaban J connectivity index is 1.37. The minimum absolute atomic E-state index is 0.0189. The molecule has 0 radical (unpaired) electrons. The molecule has 2 aromatic rings. The summed E-state index contributed by atoms with van der Waals surface area (Å²) in [6.45, 7) is 1.50. The molecule has 2 heterocycles. The van der Waals surface area contributed by atoms with Gasteiger partial charge >= 0.3 is 6.01 Å². The van der Waals surface area contributed by atoms with Gasteiger partial charge in [0.05, 0.1) is 25.4 Å². The van der Waals surface area contributed by atoms with E-state index in [-0.39, 0.29) is 30.1 Å². The maximum Gasteiger partial charge on any atom is 0.323 e. The number of nitrogens with two attached hydrogens (primary N) is 2. The van der Waals surface area contributed by atoms with Crippen molar-refractivity contribution in [1.29, 1.82) is 0 Å². The SMILES string of the molecule is Nc1nc(N)nc(OC[C@H]2CC[C@@H](COCc3ccccc3)O2)n1. The summed E-state index contributed by atoms with van der Waals surface area (Å²) in [4.78, 5) is 11.4. The summed E-state index contributed by atoms with van der Waals surface area (Å²) < 4.78 is 17.1. The van der Waals surface area contributed by atoms with E-state index in [0.717, 1.165) is 18.4 Å². The molecule has 24 heavy (non-hydrogen) atoms. The first-order valence-electron chi connectivity index (χ1n) is 7.86. The molecule has 4 N–H and O–H groups in total. The number of hydrogen-bond acceptors (Lipinski definition) is 8. The summed E-state index contributed by atoms with van der Waals surface area (Å²) in [7, 11) is 0. The summed E-state index contributed by atoms with van der Waals surface area (Å²) in [5, 5.41) is 0. The van der Waals surface area contributed by atoms with Crippen molar-refractivity contribution in [3.05, 3.63) is 35.9 Å². The Hall–Kier alpha value is -2.45. The molecule has 0 bridgehead atoms. The fraction of sp³-hybridized carbons (Fsp3) is 0.438. The fourth-order valence-electron chi connectivity index (χ4n) is 2.53. The van der Waals surface area contributed by atoms with Crippen molar-refractivity contribution in [2.45, 2.75) is 31.7 Å². The molecule has 8 nitrogen and oxygen atoms in total. The normalized spacial score (nSPS) is 20.2. The van der Waals surface area contributed by atoms with Crippen molar-refractivity contribution in [2.75, 3.05) is 24.7 Å². The average molecular weight is 331 g/mol. The molecule has 1 aromatic carbocycles. The van der Waals surface area contributed by atoms with Gasteiger partial charge in [0.15, 0.2) is 0 Å². The highest BCUT2D eigenvalue weighted by molar-refractivity contribution is 5.27. The summed E-state index contributed by atoms with van der Waals surface area (Å²) in [6, 6.07) is 10.2. The number of aromatic nitrogens is 3. The van der Waals surface area contributed by atoms with Gasteiger partial charge in [-0.1, -0.05) is 30.3 Å². The summed E-state index contributed by atoms with van der Waals surface area (Å²) in [6.07, 6.45) is 1.89. The molecule has 0 saturated carbocycles. The van der Waals surface area contributed by atoms with E-state index in [1.807, 2.05) is 30.3 Å². The summed E-state index contributed by atoms with van der Waals surface area (Å²) in [5.74, 6) is 0.0778. The number of nitrogens with zero attached hydrogens (tertiary/aromatic N) is 3. The van der Waals surface area contributed by atoms with Crippen LogP contribution in [0.4, 0.5) is 11.9 Å². The topological polar surface area (TPSA) is 118 Å². The second kappa shape index (κ2) is 7.89. The van der Waals surface area contributed by atoms with E-state index in [1.165, 1.54) is 0 Å². The second-order valence-corrected chi connectivity index (χ2v) is 5.60. The maximum atomic E-state index is 5.90. The molecule has 0 unspecified atom stereocenters. The Morgan fingerprint density at radius 1 is 0.958 bits per heavy atom. The van der Waals surface area contributed by atoms with E-state index < -0.39 is 0 Å². The highest BCUT2D eigenvalue weighted by Gasteiger charge is 2.26. The average Bonchev–Trinajstić information content (AvgIpc) is 3.01. The van der Waals surface area contributed by atoms with Gasteiger partial charge in [0.2, 0.25) is 11.9 Å². The van der Waals surface area contributed by atoms with Crippen molar-refractivity contribution in [3.8, 4) is 6.01 Å². The van der Waals surface area contributed by atoms with Gasteiger partial charge in [-0.2, -0.15) is 15.0 Å². The van der Waals surface area contributed by atoms with Crippen LogP contribution in [0.5, 0.6) is 6.01 Å². The fourth-order valence-corrected chi connectivity index (χ4v) is 2.53. The predicted molar refractivity (Wildman–Crippen MR) is 88.1 cm³/mol. The first kappa shape index (κ1) is 16.4. The van der Waals surface area contributed by atoms with Gasteiger partial charge in [0, 0.05) is 0 Å². The van der Waals surface area contributed by atoms with Crippen LogP contribution in [0.1, 0.15) is 18.4 Å². The monoisotopic (exact) mass is 331 g/mol. The van der Waals surface area contributed by atoms with Crippen molar-refractivity contribution in [3.63, 3.8) is 0 Å². The molecule has 3 rings (SSSR count). The highest BCUT2D eigenvalue weighted by Crippen LogP contribution is 2.21. The number of rotatable bonds is 7. The Labute approximate surface area is 140 Å². The molecule has 1 aromatic heterocycles. The quantitative estimate of drug-likeness (QED) is 0.776. The third-order valence-electron chi connectivity index (χ3n) is 3.66. The van der Waals surface area contributed by atoms with Gasteiger partial charge in [-0.25, -0.2) is 0 Å². The number of hydrogen-bond donors (Lipinski definition) is 2. The molecule has 8 heteroatoms. The third kappa shape index (κ3) is 4.77. The predicted octanol–water partition coefficient (Wildman–Crippen LogP) is 1.18. The third-order valence-corrected chi connectivity index (χ3v) is 3.66. The van der Waals surface area contributed by atoms with E-state index in [2.05, 4.69) is 15.0 Å². The van der Waals surface area contributed by atoms with E-state index in [9.17, 15) is 0 Å². The van der Waals surface area contributed by atoms with Crippen LogP contribution in [0.25, 0.3) is 0 Å². The van der Waals surface area contributed by atoms with E-state index in [4.69, 9.17) is 25.7 Å². The van der Waals surface area contributed by atoms with Crippen LogP contribution in [0.2, 0.25) is 0 Å². The van der Waals surface area contributed by atoms with Gasteiger partial charge < -0.3 is 25.7 Å². The zero-order valence-electron chi connectivity index (χ0n) is 13.3. The molecule has 2 atom stereocenters.